The van der Waals surface area contributed by atoms with Gasteiger partial charge in [-0.1, -0.05) is 23.4 Å². The molecule has 0 unspecified atom stereocenters. The lowest BCUT2D eigenvalue weighted by Gasteiger charge is -2.32. The van der Waals surface area contributed by atoms with Crippen LogP contribution in [-0.2, 0) is 6.54 Å². The van der Waals surface area contributed by atoms with Crippen LogP contribution in [0.15, 0.2) is 28.8 Å². The summed E-state index contributed by atoms with van der Waals surface area (Å²) in [5.41, 5.74) is 2.16. The number of piperazine rings is 1. The summed E-state index contributed by atoms with van der Waals surface area (Å²) in [6.45, 7) is 8.08. The molecule has 1 saturated heterocycles. The monoisotopic (exact) mass is 308 g/mol. The van der Waals surface area contributed by atoms with Gasteiger partial charge in [0.1, 0.15) is 0 Å². The van der Waals surface area contributed by atoms with Crippen LogP contribution in [0.2, 0.25) is 0 Å². The Balaban J connectivity index is 0.00000161. The first-order valence-electron chi connectivity index (χ1n) is 7.07. The van der Waals surface area contributed by atoms with E-state index in [4.69, 9.17) is 4.52 Å². The average Bonchev–Trinajstić information content (AvgIpc) is 2.90. The molecular weight excluding hydrogens is 288 g/mol. The van der Waals surface area contributed by atoms with Gasteiger partial charge in [0.2, 0.25) is 0 Å². The van der Waals surface area contributed by atoms with Gasteiger partial charge in [0, 0.05) is 31.2 Å². The Labute approximate surface area is 131 Å². The minimum atomic E-state index is 0. The Kier molecular flexibility index (Phi) is 5.33. The first-order chi connectivity index (χ1) is 9.74. The Morgan fingerprint density at radius 1 is 1.38 bits per heavy atom. The van der Waals surface area contributed by atoms with Crippen molar-refractivity contribution in [2.75, 3.05) is 19.6 Å². The highest BCUT2D eigenvalue weighted by Crippen LogP contribution is 2.21. The predicted octanol–water partition coefficient (Wildman–Crippen LogP) is 2.26. The molecule has 1 aliphatic heterocycles. The van der Waals surface area contributed by atoms with E-state index in [-0.39, 0.29) is 12.4 Å². The van der Waals surface area contributed by atoms with E-state index in [9.17, 15) is 0 Å². The molecule has 1 fully saturated rings. The van der Waals surface area contributed by atoms with Crippen LogP contribution >= 0.6 is 12.4 Å². The van der Waals surface area contributed by atoms with Gasteiger partial charge in [-0.05, 0) is 25.5 Å². The fourth-order valence-corrected chi connectivity index (χ4v) is 2.54. The summed E-state index contributed by atoms with van der Waals surface area (Å²) < 4.78 is 5.40. The largest absolute Gasteiger partial charge is 0.334 e. The van der Waals surface area contributed by atoms with Crippen LogP contribution in [-0.4, -0.2) is 40.7 Å². The number of nitrogens with zero attached hydrogens (tertiary/aromatic N) is 3. The Bertz CT molecular complexity index is 587. The van der Waals surface area contributed by atoms with E-state index in [1.54, 1.807) is 0 Å². The van der Waals surface area contributed by atoms with Crippen molar-refractivity contribution >= 4 is 12.4 Å². The highest BCUT2D eigenvalue weighted by Gasteiger charge is 2.20. The molecule has 3 rings (SSSR count). The predicted molar refractivity (Wildman–Crippen MR) is 84.5 cm³/mol. The highest BCUT2D eigenvalue weighted by atomic mass is 35.5. The fraction of sp³-hybridized carbons (Fsp3) is 0.467. The van der Waals surface area contributed by atoms with Crippen LogP contribution in [0.4, 0.5) is 0 Å². The lowest BCUT2D eigenvalue weighted by Crippen LogP contribution is -2.49. The van der Waals surface area contributed by atoms with Gasteiger partial charge in [-0.25, -0.2) is 0 Å². The molecule has 1 atom stereocenters. The van der Waals surface area contributed by atoms with Crippen LogP contribution in [0.3, 0.4) is 0 Å². The third-order valence-corrected chi connectivity index (χ3v) is 3.83. The first-order valence-corrected chi connectivity index (χ1v) is 7.07. The SMILES string of the molecule is Cc1ccccc1-c1nc(CN2CCNC[C@H]2C)no1.Cl. The summed E-state index contributed by atoms with van der Waals surface area (Å²) in [6, 6.07) is 8.57. The molecule has 114 valence electrons. The fourth-order valence-electron chi connectivity index (χ4n) is 2.54. The zero-order chi connectivity index (χ0) is 13.9. The van der Waals surface area contributed by atoms with E-state index >= 15 is 0 Å². The molecule has 2 heterocycles. The van der Waals surface area contributed by atoms with Crippen LogP contribution in [0.5, 0.6) is 0 Å². The van der Waals surface area contributed by atoms with Crippen molar-refractivity contribution in [1.29, 1.82) is 0 Å². The van der Waals surface area contributed by atoms with Crippen molar-refractivity contribution in [2.24, 2.45) is 0 Å². The summed E-state index contributed by atoms with van der Waals surface area (Å²) in [6.07, 6.45) is 0. The van der Waals surface area contributed by atoms with E-state index in [0.29, 0.717) is 11.9 Å². The number of benzene rings is 1. The molecule has 2 aromatic rings. The number of nitrogens with one attached hydrogen (secondary N) is 1. The maximum absolute atomic E-state index is 5.40. The van der Waals surface area contributed by atoms with Crippen molar-refractivity contribution in [2.45, 2.75) is 26.4 Å². The summed E-state index contributed by atoms with van der Waals surface area (Å²) in [4.78, 5) is 6.91. The van der Waals surface area contributed by atoms with Gasteiger partial charge in [0.05, 0.1) is 6.54 Å². The molecular formula is C15H21ClN4O. The van der Waals surface area contributed by atoms with Gasteiger partial charge in [0.25, 0.3) is 5.89 Å². The normalized spacial score (nSPS) is 19.2. The number of hydrogen-bond donors (Lipinski definition) is 1. The molecule has 0 spiro atoms. The molecule has 1 aromatic heterocycles. The topological polar surface area (TPSA) is 54.2 Å². The number of hydrogen-bond acceptors (Lipinski definition) is 5. The summed E-state index contributed by atoms with van der Waals surface area (Å²) >= 11 is 0. The van der Waals surface area contributed by atoms with Crippen molar-refractivity contribution in [3.05, 3.63) is 35.7 Å². The van der Waals surface area contributed by atoms with Gasteiger partial charge < -0.3 is 9.84 Å². The van der Waals surface area contributed by atoms with Crippen LogP contribution in [0.1, 0.15) is 18.3 Å². The van der Waals surface area contributed by atoms with Crippen LogP contribution < -0.4 is 5.32 Å². The van der Waals surface area contributed by atoms with Crippen LogP contribution in [0.25, 0.3) is 11.5 Å². The van der Waals surface area contributed by atoms with Crippen molar-refractivity contribution in [3.63, 3.8) is 0 Å². The lowest BCUT2D eigenvalue weighted by atomic mass is 10.1. The summed E-state index contributed by atoms with van der Waals surface area (Å²) in [5.74, 6) is 1.37. The zero-order valence-electron chi connectivity index (χ0n) is 12.4. The molecule has 1 aliphatic rings. The molecule has 0 bridgehead atoms. The van der Waals surface area contributed by atoms with Gasteiger partial charge in [-0.15, -0.1) is 12.4 Å². The Morgan fingerprint density at radius 3 is 2.95 bits per heavy atom. The smallest absolute Gasteiger partial charge is 0.258 e. The van der Waals surface area contributed by atoms with E-state index in [1.165, 1.54) is 0 Å². The van der Waals surface area contributed by atoms with Gasteiger partial charge >= 0.3 is 0 Å². The first kappa shape index (κ1) is 15.9. The molecule has 1 aromatic carbocycles. The molecule has 0 saturated carbocycles. The number of aromatic nitrogens is 2. The second-order valence-electron chi connectivity index (χ2n) is 5.35. The minimum Gasteiger partial charge on any atom is -0.334 e. The average molecular weight is 309 g/mol. The van der Waals surface area contributed by atoms with Gasteiger partial charge in [-0.3, -0.25) is 4.90 Å². The van der Waals surface area contributed by atoms with E-state index in [1.807, 2.05) is 18.2 Å². The highest BCUT2D eigenvalue weighted by molar-refractivity contribution is 5.85. The van der Waals surface area contributed by atoms with Gasteiger partial charge in [0.15, 0.2) is 5.82 Å². The molecule has 6 heteroatoms. The second kappa shape index (κ2) is 7.02. The second-order valence-corrected chi connectivity index (χ2v) is 5.35. The summed E-state index contributed by atoms with van der Waals surface area (Å²) in [7, 11) is 0. The van der Waals surface area contributed by atoms with Crippen molar-refractivity contribution in [1.82, 2.24) is 20.4 Å². The Hall–Kier alpha value is -1.43. The molecule has 0 aliphatic carbocycles. The zero-order valence-corrected chi connectivity index (χ0v) is 13.2. The number of aryl methyl sites for hydroxylation is 1. The molecule has 0 amide bonds. The van der Waals surface area contributed by atoms with E-state index < -0.39 is 0 Å². The molecule has 21 heavy (non-hydrogen) atoms. The van der Waals surface area contributed by atoms with Crippen molar-refractivity contribution < 1.29 is 4.52 Å². The van der Waals surface area contributed by atoms with E-state index in [2.05, 4.69) is 40.3 Å². The quantitative estimate of drug-likeness (QED) is 0.942. The van der Waals surface area contributed by atoms with Crippen LogP contribution in [0, 0.1) is 6.92 Å². The lowest BCUT2D eigenvalue weighted by molar-refractivity contribution is 0.160. The van der Waals surface area contributed by atoms with E-state index in [0.717, 1.165) is 43.1 Å². The number of rotatable bonds is 3. The minimum absolute atomic E-state index is 0. The molecule has 1 N–H and O–H groups in total. The third-order valence-electron chi connectivity index (χ3n) is 3.83. The summed E-state index contributed by atoms with van der Waals surface area (Å²) in [5, 5.41) is 7.50. The maximum Gasteiger partial charge on any atom is 0.258 e. The standard InChI is InChI=1S/C15H20N4O.ClH/c1-11-5-3-4-6-13(11)15-17-14(18-20-15)10-19-8-7-16-9-12(19)2;/h3-6,12,16H,7-10H2,1-2H3;1H/t12-;/m1./s1. The number of halogens is 1. The third kappa shape index (κ3) is 3.61. The molecule has 0 radical (unpaired) electrons. The molecule has 5 nitrogen and oxygen atoms in total. The van der Waals surface area contributed by atoms with Crippen molar-refractivity contribution in [3.8, 4) is 11.5 Å². The maximum atomic E-state index is 5.40. The Morgan fingerprint density at radius 2 is 2.19 bits per heavy atom. The van der Waals surface area contributed by atoms with Gasteiger partial charge in [-0.2, -0.15) is 4.98 Å².